The van der Waals surface area contributed by atoms with E-state index in [1.165, 1.54) is 34.9 Å². The number of alkyl halides is 8. The summed E-state index contributed by atoms with van der Waals surface area (Å²) in [7, 11) is -2.65. The largest absolute Gasteiger partial charge is 0.385 e. The highest BCUT2D eigenvalue weighted by molar-refractivity contribution is 7.92. The second-order valence-corrected chi connectivity index (χ2v) is 21.7. The minimum Gasteiger partial charge on any atom is -0.385 e. The summed E-state index contributed by atoms with van der Waals surface area (Å²) in [5, 5.41) is 10.4. The summed E-state index contributed by atoms with van der Waals surface area (Å²) < 4.78 is 184. The van der Waals surface area contributed by atoms with Crippen LogP contribution < -0.4 is 15.6 Å². The number of nitrogens with zero attached hydrogens (tertiary/aromatic N) is 8. The zero-order chi connectivity index (χ0) is 53.0. The third-order valence-corrected chi connectivity index (χ3v) is 14.8. The summed E-state index contributed by atoms with van der Waals surface area (Å²) in [6.45, 7) is -2.67. The Labute approximate surface area is 419 Å². The number of methoxy groups -OCH3 is 1. The van der Waals surface area contributed by atoms with Gasteiger partial charge in [0.1, 0.15) is 35.4 Å². The molecule has 1 saturated heterocycles. The Kier molecular flexibility index (Phi) is 13.1. The van der Waals surface area contributed by atoms with Gasteiger partial charge in [0.05, 0.1) is 52.4 Å². The van der Waals surface area contributed by atoms with Crippen LogP contribution in [0.3, 0.4) is 0 Å². The van der Waals surface area contributed by atoms with E-state index in [1.807, 2.05) is 0 Å². The summed E-state index contributed by atoms with van der Waals surface area (Å²) in [6.07, 6.45) is -4.05. The van der Waals surface area contributed by atoms with Gasteiger partial charge < -0.3 is 10.1 Å². The molecule has 0 radical (unpaired) electrons. The third kappa shape index (κ3) is 9.81. The van der Waals surface area contributed by atoms with Crippen LogP contribution in [-0.2, 0) is 51.5 Å². The number of ether oxygens (including phenoxy) is 1. The Morgan fingerprint density at radius 2 is 1.65 bits per heavy atom. The number of pyridine rings is 1. The van der Waals surface area contributed by atoms with Crippen molar-refractivity contribution >= 4 is 55.3 Å². The fourth-order valence-corrected chi connectivity index (χ4v) is 11.5. The molecule has 3 fully saturated rings. The van der Waals surface area contributed by atoms with Crippen LogP contribution in [0.2, 0.25) is 5.02 Å². The zero-order valence-corrected chi connectivity index (χ0v) is 40.8. The molecule has 2 aromatic carbocycles. The average Bonchev–Trinajstić information content (AvgIpc) is 3.81. The number of carbonyl (C=O) groups excluding carboxylic acids is 1. The maximum absolute atomic E-state index is 15.9. The molecular formula is C47H45ClF10N10O5S. The number of likely N-dealkylation sites (tertiary alicyclic amines) is 1. The van der Waals surface area contributed by atoms with Crippen LogP contribution in [0.5, 0.6) is 0 Å². The first kappa shape index (κ1) is 51.6. The first-order chi connectivity index (χ1) is 34.8. The number of anilines is 1. The molecule has 1 amide bonds. The molecule has 0 unspecified atom stereocenters. The fraction of sp³-hybridized carbons (Fsp3) is 0.489. The number of carbonyl (C=O) groups is 1. The number of aromatic nitrogens is 7. The number of nitrogens with one attached hydrogen (secondary N) is 2. The van der Waals surface area contributed by atoms with Gasteiger partial charge in [0.2, 0.25) is 21.9 Å². The molecule has 3 aliphatic carbocycles. The number of rotatable bonds is 17. The highest BCUT2D eigenvalue weighted by atomic mass is 35.5. The third-order valence-electron chi connectivity index (χ3n) is 13.9. The number of aryl methyl sites for hydroxylation is 1. The molecule has 3 atom stereocenters. The molecule has 396 valence electrons. The highest BCUT2D eigenvalue weighted by Gasteiger charge is 2.67. The molecule has 4 aromatic heterocycles. The molecule has 2 N–H and O–H groups in total. The number of benzene rings is 2. The van der Waals surface area contributed by atoms with Crippen LogP contribution in [0, 0.1) is 17.6 Å². The van der Waals surface area contributed by atoms with Gasteiger partial charge in [0.25, 0.3) is 23.8 Å². The molecule has 74 heavy (non-hydrogen) atoms. The van der Waals surface area contributed by atoms with Gasteiger partial charge in [-0.2, -0.15) is 19.0 Å². The Bertz CT molecular complexity index is 3390. The van der Waals surface area contributed by atoms with Crippen molar-refractivity contribution in [3.05, 3.63) is 103 Å². The lowest BCUT2D eigenvalue weighted by atomic mass is 9.84. The monoisotopic (exact) mass is 1090 g/mol. The van der Waals surface area contributed by atoms with Gasteiger partial charge in [-0.1, -0.05) is 11.6 Å². The van der Waals surface area contributed by atoms with Gasteiger partial charge >= 0.3 is 0 Å². The summed E-state index contributed by atoms with van der Waals surface area (Å²) in [4.78, 5) is 41.2. The lowest BCUT2D eigenvalue weighted by Gasteiger charge is -2.39. The van der Waals surface area contributed by atoms with Crippen molar-refractivity contribution in [3.63, 3.8) is 0 Å². The van der Waals surface area contributed by atoms with Gasteiger partial charge in [-0.3, -0.25) is 33.1 Å². The molecule has 0 bridgehead atoms. The first-order valence-electron chi connectivity index (χ1n) is 23.4. The van der Waals surface area contributed by atoms with Crippen molar-refractivity contribution in [1.29, 1.82) is 0 Å². The zero-order valence-electron chi connectivity index (χ0n) is 39.2. The normalized spacial score (nSPS) is 20.5. The number of amides is 1. The second-order valence-electron chi connectivity index (χ2n) is 19.5. The molecule has 27 heteroatoms. The molecule has 0 spiro atoms. The fourth-order valence-electron chi connectivity index (χ4n) is 10.7. The smallest absolute Gasteiger partial charge is 0.293 e. The average molecular weight is 1090 g/mol. The Morgan fingerprint density at radius 1 is 0.946 bits per heavy atom. The molecule has 4 aliphatic rings. The van der Waals surface area contributed by atoms with E-state index in [0.29, 0.717) is 10.7 Å². The Hall–Kier alpha value is -5.86. The molecule has 1 aliphatic heterocycles. The van der Waals surface area contributed by atoms with E-state index in [2.05, 4.69) is 20.2 Å². The summed E-state index contributed by atoms with van der Waals surface area (Å²) in [5.41, 5.74) is -3.57. The highest BCUT2D eigenvalue weighted by Crippen LogP contribution is 2.68. The minimum atomic E-state index is -4.07. The molecular weight excluding hydrogens is 1040 g/mol. The molecule has 10 rings (SSSR count). The van der Waals surface area contributed by atoms with Crippen molar-refractivity contribution < 1.29 is 61.9 Å². The quantitative estimate of drug-likeness (QED) is 0.0666. The van der Waals surface area contributed by atoms with Gasteiger partial charge in [0, 0.05) is 75.2 Å². The van der Waals surface area contributed by atoms with E-state index < -0.39 is 137 Å². The number of hydrogen-bond donors (Lipinski definition) is 2. The predicted octanol–water partition coefficient (Wildman–Crippen LogP) is 8.66. The SMILES string of the molecule is COCCCn1nc(NS(C)(=O)=O)c2c(Cl)ccc(-n3c([C@H](Cc4cc(F)cc(F)c4)NC(=O)Cn4nc(C(F)F)c5c4C(F)(F)[C@@H]4C[C@H]54)nc4nc(C5CCC(F)(F)CC5)cc(CN5CC(F)(F)C5)c4c3=O)c21. The predicted molar refractivity (Wildman–Crippen MR) is 248 cm³/mol. The molecule has 15 nitrogen and oxygen atoms in total. The Balaban J connectivity index is 1.22. The van der Waals surface area contributed by atoms with Gasteiger partial charge in [-0.25, -0.2) is 53.5 Å². The number of fused-ring (bicyclic) bond motifs is 5. The maximum atomic E-state index is 15.9. The Morgan fingerprint density at radius 3 is 2.30 bits per heavy atom. The van der Waals surface area contributed by atoms with E-state index in [9.17, 15) is 39.6 Å². The minimum absolute atomic E-state index is 0.0160. The summed E-state index contributed by atoms with van der Waals surface area (Å²) >= 11 is 6.80. The molecule has 6 aromatic rings. The van der Waals surface area contributed by atoms with E-state index >= 15 is 22.4 Å². The van der Waals surface area contributed by atoms with Crippen molar-refractivity contribution in [3.8, 4) is 5.69 Å². The lowest BCUT2D eigenvalue weighted by molar-refractivity contribution is -0.133. The van der Waals surface area contributed by atoms with Crippen LogP contribution in [0.15, 0.2) is 41.2 Å². The van der Waals surface area contributed by atoms with E-state index in [-0.39, 0.29) is 106 Å². The number of halogens is 11. The van der Waals surface area contributed by atoms with Gasteiger partial charge in [-0.05, 0) is 73.1 Å². The first-order valence-corrected chi connectivity index (χ1v) is 25.7. The molecule has 5 heterocycles. The van der Waals surface area contributed by atoms with E-state index in [0.717, 1.165) is 23.0 Å². The van der Waals surface area contributed by atoms with Crippen LogP contribution in [-0.4, -0.2) is 98.2 Å². The standard InChI is InChI=1S/C47H45ClF10N10O5S/c1-73-11-3-10-66-38-32(5-4-29(48)36(38)42(63-66)64-74(2,71)72)68-43(61-41-34(44(68)70)24(18-65-20-46(55,56)21-65)15-30(60-41)23-6-8-45(53,54)9-7-23)31(14-22-12-25(49)16-26(50)13-22)59-33(69)19-67-39-35(37(62-67)40(51)52)27-17-28(27)47(39,57)58/h4-5,12-13,15-16,23,27-28,31,40H,3,6-11,14,17-21H2,1-2H3,(H,59,69)(H,63,64)/t27-,28+,31-/m0/s1. The van der Waals surface area contributed by atoms with Crippen molar-refractivity contribution in [2.75, 3.05) is 37.8 Å². The lowest BCUT2D eigenvalue weighted by Crippen LogP contribution is -2.55. The number of sulfonamides is 1. The van der Waals surface area contributed by atoms with Crippen molar-refractivity contribution in [1.82, 2.24) is 44.3 Å². The van der Waals surface area contributed by atoms with Crippen molar-refractivity contribution in [2.24, 2.45) is 5.92 Å². The maximum Gasteiger partial charge on any atom is 0.293 e. The van der Waals surface area contributed by atoms with Crippen LogP contribution in [0.25, 0.3) is 27.6 Å². The van der Waals surface area contributed by atoms with Gasteiger partial charge in [0.15, 0.2) is 11.5 Å². The molecule has 2 saturated carbocycles. The van der Waals surface area contributed by atoms with Crippen LogP contribution in [0.1, 0.15) is 102 Å². The van der Waals surface area contributed by atoms with Crippen molar-refractivity contribution in [2.45, 2.75) is 107 Å². The number of hydrogen-bond acceptors (Lipinski definition) is 10. The second kappa shape index (κ2) is 18.8. The van der Waals surface area contributed by atoms with E-state index in [1.54, 1.807) is 0 Å². The topological polar surface area (TPSA) is 171 Å². The summed E-state index contributed by atoms with van der Waals surface area (Å²) in [6, 6.07) is 4.70. The van der Waals surface area contributed by atoms with E-state index in [4.69, 9.17) is 26.3 Å². The summed E-state index contributed by atoms with van der Waals surface area (Å²) in [5.74, 6) is -16.6. The van der Waals surface area contributed by atoms with Crippen LogP contribution in [0.4, 0.5) is 49.7 Å². The van der Waals surface area contributed by atoms with Gasteiger partial charge in [-0.15, -0.1) is 0 Å². The van der Waals surface area contributed by atoms with Crippen LogP contribution >= 0.6 is 11.6 Å².